The van der Waals surface area contributed by atoms with E-state index in [1.54, 1.807) is 36.5 Å². The van der Waals surface area contributed by atoms with Gasteiger partial charge >= 0.3 is 5.97 Å². The van der Waals surface area contributed by atoms with Gasteiger partial charge in [-0.15, -0.1) is 0 Å². The number of nitrogens with one attached hydrogen (secondary N) is 4. The quantitative estimate of drug-likeness (QED) is 0.121. The zero-order valence-electron chi connectivity index (χ0n) is 21.5. The molecule has 0 saturated heterocycles. The molecule has 4 unspecified atom stereocenters. The van der Waals surface area contributed by atoms with Gasteiger partial charge in [-0.05, 0) is 17.2 Å². The Kier molecular flexibility index (Phi) is 10.7. The summed E-state index contributed by atoms with van der Waals surface area (Å²) in [5.41, 5.74) is 13.0. The highest BCUT2D eigenvalue weighted by Crippen LogP contribution is 2.19. The number of amides is 4. The molecule has 0 spiro atoms. The zero-order chi connectivity index (χ0) is 29.2. The van der Waals surface area contributed by atoms with Gasteiger partial charge in [-0.25, -0.2) is 4.79 Å². The van der Waals surface area contributed by atoms with E-state index in [1.165, 1.54) is 0 Å². The van der Waals surface area contributed by atoms with Crippen molar-refractivity contribution in [1.82, 2.24) is 20.9 Å². The standard InChI is InChI=1S/C27H32N6O6S/c28-18(12-23(29)34)24(35)33-22(14-40)26(37)31-20(11-16-13-30-19-9-5-4-8-17(16)19)25(36)32-21(27(38)39)10-15-6-2-1-3-7-15/h1-9,13,18,20-22,30,40H,10-12,14,28H2,(H2,29,34)(H,31,37)(H,32,36)(H,33,35)(H,38,39). The van der Waals surface area contributed by atoms with Crippen LogP contribution in [0.3, 0.4) is 0 Å². The molecular weight excluding hydrogens is 536 g/mol. The molecule has 9 N–H and O–H groups in total. The molecule has 3 aromatic rings. The van der Waals surface area contributed by atoms with Crippen LogP contribution in [0, 0.1) is 0 Å². The number of H-pyrrole nitrogens is 1. The average molecular weight is 569 g/mol. The van der Waals surface area contributed by atoms with Gasteiger partial charge in [0.15, 0.2) is 0 Å². The van der Waals surface area contributed by atoms with Crippen LogP contribution < -0.4 is 27.4 Å². The molecule has 3 rings (SSSR count). The van der Waals surface area contributed by atoms with Crippen molar-refractivity contribution in [3.8, 4) is 0 Å². The molecule has 0 saturated carbocycles. The first kappa shape index (κ1) is 30.2. The van der Waals surface area contributed by atoms with E-state index < -0.39 is 60.2 Å². The average Bonchev–Trinajstić information content (AvgIpc) is 3.33. The van der Waals surface area contributed by atoms with Gasteiger partial charge in [-0.3, -0.25) is 19.2 Å². The molecule has 0 aliphatic rings. The van der Waals surface area contributed by atoms with Crippen molar-refractivity contribution in [2.24, 2.45) is 11.5 Å². The smallest absolute Gasteiger partial charge is 0.326 e. The fourth-order valence-electron chi connectivity index (χ4n) is 4.11. The number of aliphatic carboxylic acids is 1. The number of carboxylic acids is 1. The molecule has 40 heavy (non-hydrogen) atoms. The molecule has 212 valence electrons. The minimum atomic E-state index is -1.27. The van der Waals surface area contributed by atoms with Gasteiger partial charge in [0, 0.05) is 35.7 Å². The van der Waals surface area contributed by atoms with E-state index in [9.17, 15) is 29.1 Å². The number of para-hydroxylation sites is 1. The van der Waals surface area contributed by atoms with Gasteiger partial charge in [0.2, 0.25) is 23.6 Å². The second-order valence-electron chi connectivity index (χ2n) is 9.23. The monoisotopic (exact) mass is 568 g/mol. The molecule has 12 nitrogen and oxygen atoms in total. The topological polar surface area (TPSA) is 209 Å². The Balaban J connectivity index is 1.81. The predicted octanol–water partition coefficient (Wildman–Crippen LogP) is -0.375. The molecule has 0 aliphatic heterocycles. The van der Waals surface area contributed by atoms with Crippen molar-refractivity contribution in [3.63, 3.8) is 0 Å². The number of aromatic amines is 1. The molecule has 0 aliphatic carbocycles. The van der Waals surface area contributed by atoms with Crippen molar-refractivity contribution >= 4 is 53.1 Å². The SMILES string of the molecule is NC(=O)CC(N)C(=O)NC(CS)C(=O)NC(Cc1c[nH]c2ccccc12)C(=O)NC(Cc1ccccc1)C(=O)O. The zero-order valence-corrected chi connectivity index (χ0v) is 22.4. The van der Waals surface area contributed by atoms with Crippen molar-refractivity contribution in [1.29, 1.82) is 0 Å². The number of rotatable bonds is 14. The Morgan fingerprint density at radius 2 is 1.43 bits per heavy atom. The van der Waals surface area contributed by atoms with Crippen LogP contribution in [-0.2, 0) is 36.8 Å². The Labute approximate surface area is 235 Å². The first-order chi connectivity index (χ1) is 19.1. The number of hydrogen-bond donors (Lipinski definition) is 8. The third kappa shape index (κ3) is 8.32. The van der Waals surface area contributed by atoms with Crippen LogP contribution in [0.2, 0.25) is 0 Å². The second-order valence-corrected chi connectivity index (χ2v) is 9.60. The van der Waals surface area contributed by atoms with Crippen LogP contribution in [0.5, 0.6) is 0 Å². The van der Waals surface area contributed by atoms with E-state index in [0.717, 1.165) is 10.9 Å². The molecular formula is C27H32N6O6S. The number of fused-ring (bicyclic) bond motifs is 1. The van der Waals surface area contributed by atoms with Gasteiger partial charge in [-0.2, -0.15) is 12.6 Å². The third-order valence-corrected chi connectivity index (χ3v) is 6.57. The van der Waals surface area contributed by atoms with Crippen LogP contribution >= 0.6 is 12.6 Å². The van der Waals surface area contributed by atoms with Crippen LogP contribution in [0.15, 0.2) is 60.8 Å². The Morgan fingerprint density at radius 1 is 0.825 bits per heavy atom. The summed E-state index contributed by atoms with van der Waals surface area (Å²) in [4.78, 5) is 65.1. The summed E-state index contributed by atoms with van der Waals surface area (Å²) < 4.78 is 0. The molecule has 0 fully saturated rings. The van der Waals surface area contributed by atoms with E-state index in [-0.39, 0.29) is 18.6 Å². The number of carbonyl (C=O) groups excluding carboxylic acids is 4. The highest BCUT2D eigenvalue weighted by atomic mass is 32.1. The minimum absolute atomic E-state index is 0.0215. The number of thiol groups is 1. The molecule has 2 aromatic carbocycles. The maximum atomic E-state index is 13.4. The molecule has 4 atom stereocenters. The summed E-state index contributed by atoms with van der Waals surface area (Å²) >= 11 is 4.13. The fraction of sp³-hybridized carbons (Fsp3) is 0.296. The summed E-state index contributed by atoms with van der Waals surface area (Å²) in [5.74, 6) is -4.43. The summed E-state index contributed by atoms with van der Waals surface area (Å²) in [5, 5.41) is 18.1. The highest BCUT2D eigenvalue weighted by molar-refractivity contribution is 7.80. The number of hydrogen-bond acceptors (Lipinski definition) is 7. The molecule has 13 heteroatoms. The lowest BCUT2D eigenvalue weighted by atomic mass is 10.0. The number of carbonyl (C=O) groups is 5. The lowest BCUT2D eigenvalue weighted by Gasteiger charge is -2.24. The summed E-state index contributed by atoms with van der Waals surface area (Å²) in [7, 11) is 0. The lowest BCUT2D eigenvalue weighted by Crippen LogP contribution is -2.58. The van der Waals surface area contributed by atoms with Gasteiger partial charge in [0.05, 0.1) is 12.5 Å². The number of carboxylic acid groups (broad SMARTS) is 1. The Bertz CT molecular complexity index is 1360. The predicted molar refractivity (Wildman–Crippen MR) is 151 cm³/mol. The van der Waals surface area contributed by atoms with Crippen molar-refractivity contribution in [3.05, 3.63) is 71.9 Å². The molecule has 1 aromatic heterocycles. The minimum Gasteiger partial charge on any atom is -0.480 e. The molecule has 0 radical (unpaired) electrons. The van der Waals surface area contributed by atoms with E-state index in [4.69, 9.17) is 11.5 Å². The maximum absolute atomic E-state index is 13.4. The number of aromatic nitrogens is 1. The van der Waals surface area contributed by atoms with Crippen LogP contribution in [0.4, 0.5) is 0 Å². The highest BCUT2D eigenvalue weighted by Gasteiger charge is 2.31. The maximum Gasteiger partial charge on any atom is 0.326 e. The molecule has 0 bridgehead atoms. The normalized spacial score (nSPS) is 13.9. The lowest BCUT2D eigenvalue weighted by molar-refractivity contribution is -0.142. The van der Waals surface area contributed by atoms with Crippen molar-refractivity contribution < 1.29 is 29.1 Å². The van der Waals surface area contributed by atoms with Crippen LogP contribution in [-0.4, -0.2) is 69.6 Å². The molecule has 4 amide bonds. The Morgan fingerprint density at radius 3 is 2.08 bits per heavy atom. The molecule has 1 heterocycles. The van der Waals surface area contributed by atoms with Crippen molar-refractivity contribution in [2.75, 3.05) is 5.75 Å². The summed E-state index contributed by atoms with van der Waals surface area (Å²) in [6, 6.07) is 11.3. The second kappa shape index (κ2) is 14.1. The first-order valence-corrected chi connectivity index (χ1v) is 13.1. The fourth-order valence-corrected chi connectivity index (χ4v) is 4.36. The van der Waals surface area contributed by atoms with Crippen LogP contribution in [0.1, 0.15) is 17.5 Å². The van der Waals surface area contributed by atoms with Gasteiger partial charge < -0.3 is 37.5 Å². The Hall–Kier alpha value is -4.36. The first-order valence-electron chi connectivity index (χ1n) is 12.5. The van der Waals surface area contributed by atoms with E-state index in [0.29, 0.717) is 11.1 Å². The van der Waals surface area contributed by atoms with E-state index in [2.05, 4.69) is 33.6 Å². The third-order valence-electron chi connectivity index (χ3n) is 6.20. The largest absolute Gasteiger partial charge is 0.480 e. The summed E-state index contributed by atoms with van der Waals surface area (Å²) in [6.07, 6.45) is 1.34. The summed E-state index contributed by atoms with van der Waals surface area (Å²) in [6.45, 7) is 0. The van der Waals surface area contributed by atoms with E-state index in [1.807, 2.05) is 24.3 Å². The van der Waals surface area contributed by atoms with Crippen LogP contribution in [0.25, 0.3) is 10.9 Å². The number of primary amides is 1. The van der Waals surface area contributed by atoms with Gasteiger partial charge in [0.1, 0.15) is 18.1 Å². The number of benzene rings is 2. The van der Waals surface area contributed by atoms with E-state index >= 15 is 0 Å². The van der Waals surface area contributed by atoms with Gasteiger partial charge in [0.25, 0.3) is 0 Å². The van der Waals surface area contributed by atoms with Crippen molar-refractivity contribution in [2.45, 2.75) is 43.4 Å². The number of nitrogens with two attached hydrogens (primary N) is 2. The van der Waals surface area contributed by atoms with Gasteiger partial charge in [-0.1, -0.05) is 48.5 Å².